The minimum Gasteiger partial charge on any atom is -0.478 e. The molecule has 0 aliphatic carbocycles. The number of aliphatic carboxylic acids is 1. The van der Waals surface area contributed by atoms with Crippen LogP contribution in [0.1, 0.15) is 41.5 Å². The molecule has 0 aromatic carbocycles. The standard InChI is InChI=1S/C13H22O4/c1-7(2)10(12(14)15)11(8(3)4)13(16)17-9(5)6/h7-9H,1-6H3,(H,14,15)/b11-10-. The van der Waals surface area contributed by atoms with Crippen LogP contribution in [0.3, 0.4) is 0 Å². The zero-order valence-electron chi connectivity index (χ0n) is 11.4. The Morgan fingerprint density at radius 2 is 1.29 bits per heavy atom. The molecule has 0 unspecified atom stereocenters. The number of carbonyl (C=O) groups excluding carboxylic acids is 1. The average molecular weight is 242 g/mol. The molecule has 0 bridgehead atoms. The van der Waals surface area contributed by atoms with Gasteiger partial charge in [-0.15, -0.1) is 0 Å². The van der Waals surface area contributed by atoms with E-state index in [4.69, 9.17) is 4.74 Å². The first-order valence-corrected chi connectivity index (χ1v) is 5.86. The van der Waals surface area contributed by atoms with Crippen LogP contribution in [0.2, 0.25) is 0 Å². The van der Waals surface area contributed by atoms with Crippen LogP contribution in [0.15, 0.2) is 11.1 Å². The molecule has 0 atom stereocenters. The van der Waals surface area contributed by atoms with E-state index >= 15 is 0 Å². The second-order valence-electron chi connectivity index (χ2n) is 4.90. The van der Waals surface area contributed by atoms with E-state index in [0.717, 1.165) is 0 Å². The van der Waals surface area contributed by atoms with Crippen LogP contribution in [-0.4, -0.2) is 23.1 Å². The molecule has 0 amide bonds. The molecule has 0 aliphatic rings. The van der Waals surface area contributed by atoms with Crippen LogP contribution in [0.4, 0.5) is 0 Å². The van der Waals surface area contributed by atoms with Gasteiger partial charge in [0.05, 0.1) is 17.3 Å². The van der Waals surface area contributed by atoms with Crippen LogP contribution in [0, 0.1) is 11.8 Å². The van der Waals surface area contributed by atoms with Gasteiger partial charge >= 0.3 is 11.9 Å². The predicted molar refractivity (Wildman–Crippen MR) is 65.6 cm³/mol. The number of hydrogen-bond acceptors (Lipinski definition) is 3. The second-order valence-corrected chi connectivity index (χ2v) is 4.90. The summed E-state index contributed by atoms with van der Waals surface area (Å²) in [5.41, 5.74) is 0.409. The Kier molecular flexibility index (Phi) is 5.93. The van der Waals surface area contributed by atoms with Crippen molar-refractivity contribution in [3.05, 3.63) is 11.1 Å². The molecule has 4 heteroatoms. The molecule has 0 saturated heterocycles. The van der Waals surface area contributed by atoms with Crippen LogP contribution < -0.4 is 0 Å². The smallest absolute Gasteiger partial charge is 0.335 e. The van der Waals surface area contributed by atoms with Gasteiger partial charge in [0.15, 0.2) is 0 Å². The van der Waals surface area contributed by atoms with Crippen molar-refractivity contribution in [1.82, 2.24) is 0 Å². The molecular formula is C13H22O4. The molecule has 0 fully saturated rings. The Morgan fingerprint density at radius 1 is 0.882 bits per heavy atom. The van der Waals surface area contributed by atoms with Gasteiger partial charge in [0.2, 0.25) is 0 Å². The topological polar surface area (TPSA) is 63.6 Å². The zero-order valence-corrected chi connectivity index (χ0v) is 11.4. The number of carbonyl (C=O) groups is 2. The molecule has 17 heavy (non-hydrogen) atoms. The highest BCUT2D eigenvalue weighted by atomic mass is 16.5. The monoisotopic (exact) mass is 242 g/mol. The molecule has 0 rings (SSSR count). The number of carboxylic acid groups (broad SMARTS) is 1. The third-order valence-electron chi connectivity index (χ3n) is 2.24. The maximum absolute atomic E-state index is 11.9. The first kappa shape index (κ1) is 15.7. The summed E-state index contributed by atoms with van der Waals surface area (Å²) >= 11 is 0. The normalized spacial score (nSPS) is 13.0. The number of carboxylic acids is 1. The maximum Gasteiger partial charge on any atom is 0.335 e. The molecule has 0 saturated carbocycles. The van der Waals surface area contributed by atoms with Gasteiger partial charge in [-0.1, -0.05) is 27.7 Å². The van der Waals surface area contributed by atoms with E-state index in [1.165, 1.54) is 0 Å². The van der Waals surface area contributed by atoms with Crippen molar-refractivity contribution >= 4 is 11.9 Å². The molecule has 4 nitrogen and oxygen atoms in total. The fraction of sp³-hybridized carbons (Fsp3) is 0.692. The molecule has 1 N–H and O–H groups in total. The Labute approximate surface area is 103 Å². The Morgan fingerprint density at radius 3 is 1.53 bits per heavy atom. The van der Waals surface area contributed by atoms with E-state index < -0.39 is 11.9 Å². The van der Waals surface area contributed by atoms with Crippen LogP contribution >= 0.6 is 0 Å². The van der Waals surface area contributed by atoms with E-state index in [0.29, 0.717) is 0 Å². The van der Waals surface area contributed by atoms with Crippen molar-refractivity contribution < 1.29 is 19.4 Å². The molecular weight excluding hydrogens is 220 g/mol. The van der Waals surface area contributed by atoms with Crippen LogP contribution in [0.25, 0.3) is 0 Å². The van der Waals surface area contributed by atoms with Crippen LogP contribution in [0.5, 0.6) is 0 Å². The minimum atomic E-state index is -1.05. The zero-order chi connectivity index (χ0) is 13.7. The third-order valence-corrected chi connectivity index (χ3v) is 2.24. The largest absolute Gasteiger partial charge is 0.478 e. The summed E-state index contributed by atoms with van der Waals surface area (Å²) in [7, 11) is 0. The lowest BCUT2D eigenvalue weighted by atomic mass is 9.90. The first-order valence-electron chi connectivity index (χ1n) is 5.86. The van der Waals surface area contributed by atoms with Crippen molar-refractivity contribution in [2.24, 2.45) is 11.8 Å². The highest BCUT2D eigenvalue weighted by Gasteiger charge is 2.26. The molecule has 0 spiro atoms. The van der Waals surface area contributed by atoms with E-state index in [1.54, 1.807) is 41.5 Å². The third kappa shape index (κ3) is 4.59. The number of ether oxygens (including phenoxy) is 1. The number of esters is 1. The van der Waals surface area contributed by atoms with E-state index in [1.807, 2.05) is 0 Å². The lowest BCUT2D eigenvalue weighted by Gasteiger charge is -2.18. The summed E-state index contributed by atoms with van der Waals surface area (Å²) in [6.45, 7) is 10.6. The van der Waals surface area contributed by atoms with Gasteiger partial charge in [-0.3, -0.25) is 0 Å². The lowest BCUT2D eigenvalue weighted by molar-refractivity contribution is -0.144. The maximum atomic E-state index is 11.9. The molecule has 0 radical (unpaired) electrons. The summed E-state index contributed by atoms with van der Waals surface area (Å²) < 4.78 is 5.09. The second kappa shape index (κ2) is 6.42. The van der Waals surface area contributed by atoms with Gasteiger partial charge in [0, 0.05) is 0 Å². The Balaban J connectivity index is 5.52. The van der Waals surface area contributed by atoms with Gasteiger partial charge in [-0.2, -0.15) is 0 Å². The summed E-state index contributed by atoms with van der Waals surface area (Å²) in [6, 6.07) is 0. The van der Waals surface area contributed by atoms with Gasteiger partial charge < -0.3 is 9.84 Å². The molecule has 0 aromatic heterocycles. The fourth-order valence-corrected chi connectivity index (χ4v) is 1.61. The Hall–Kier alpha value is -1.32. The Bertz CT molecular complexity index is 324. The predicted octanol–water partition coefficient (Wildman–Crippen LogP) is 2.63. The minimum absolute atomic E-state index is 0.144. The summed E-state index contributed by atoms with van der Waals surface area (Å²) in [5.74, 6) is -1.97. The van der Waals surface area contributed by atoms with Gasteiger partial charge in [0.25, 0.3) is 0 Å². The summed E-state index contributed by atoms with van der Waals surface area (Å²) in [6.07, 6.45) is -0.251. The highest BCUT2D eigenvalue weighted by molar-refractivity contribution is 6.00. The average Bonchev–Trinajstić information content (AvgIpc) is 2.10. The van der Waals surface area contributed by atoms with E-state index in [2.05, 4.69) is 0 Å². The number of rotatable bonds is 5. The first-order chi connectivity index (χ1) is 7.68. The quantitative estimate of drug-likeness (QED) is 0.594. The molecule has 0 aliphatic heterocycles. The van der Waals surface area contributed by atoms with Crippen molar-refractivity contribution in [3.8, 4) is 0 Å². The van der Waals surface area contributed by atoms with Crippen molar-refractivity contribution in [1.29, 1.82) is 0 Å². The van der Waals surface area contributed by atoms with Crippen molar-refractivity contribution in [2.45, 2.75) is 47.6 Å². The molecule has 0 aromatic rings. The summed E-state index contributed by atoms with van der Waals surface area (Å²) in [4.78, 5) is 23.1. The number of hydrogen-bond donors (Lipinski definition) is 1. The lowest BCUT2D eigenvalue weighted by Crippen LogP contribution is -2.23. The van der Waals surface area contributed by atoms with Gasteiger partial charge in [0.1, 0.15) is 0 Å². The molecule has 0 heterocycles. The van der Waals surface area contributed by atoms with E-state index in [-0.39, 0.29) is 29.1 Å². The molecule has 98 valence electrons. The fourth-order valence-electron chi connectivity index (χ4n) is 1.61. The summed E-state index contributed by atoms with van der Waals surface area (Å²) in [5, 5.41) is 9.18. The van der Waals surface area contributed by atoms with Gasteiger partial charge in [-0.25, -0.2) is 9.59 Å². The SMILES string of the molecule is CC(C)OC(=O)/C(=C(\C(=O)O)C(C)C)C(C)C. The van der Waals surface area contributed by atoms with Crippen molar-refractivity contribution in [2.75, 3.05) is 0 Å². The van der Waals surface area contributed by atoms with E-state index in [9.17, 15) is 14.7 Å². The highest BCUT2D eigenvalue weighted by Crippen LogP contribution is 2.23. The van der Waals surface area contributed by atoms with Gasteiger partial charge in [-0.05, 0) is 25.7 Å². The van der Waals surface area contributed by atoms with Crippen molar-refractivity contribution in [3.63, 3.8) is 0 Å². The van der Waals surface area contributed by atoms with Crippen LogP contribution in [-0.2, 0) is 14.3 Å².